The Morgan fingerprint density at radius 3 is 2.39 bits per heavy atom. The van der Waals surface area contributed by atoms with E-state index in [9.17, 15) is 0 Å². The Balaban J connectivity index is 0.00000385. The van der Waals surface area contributed by atoms with Crippen LogP contribution in [0.3, 0.4) is 0 Å². The Hall–Kier alpha value is -2.69. The number of ether oxygens (including phenoxy) is 3. The molecule has 0 atom stereocenters. The molecule has 8 nitrogen and oxygen atoms in total. The van der Waals surface area contributed by atoms with E-state index in [4.69, 9.17) is 19.2 Å². The number of aromatic nitrogens is 2. The molecule has 1 heterocycles. The topological polar surface area (TPSA) is 81.9 Å². The van der Waals surface area contributed by atoms with Crippen molar-refractivity contribution in [2.45, 2.75) is 33.4 Å². The lowest BCUT2D eigenvalue weighted by molar-refractivity contribution is 0.347. The first-order valence-corrected chi connectivity index (χ1v) is 10.8. The van der Waals surface area contributed by atoms with Gasteiger partial charge in [-0.05, 0) is 38.5 Å². The van der Waals surface area contributed by atoms with Gasteiger partial charge in [0.2, 0.25) is 0 Å². The Morgan fingerprint density at radius 2 is 1.70 bits per heavy atom. The van der Waals surface area contributed by atoms with E-state index in [1.54, 1.807) is 21.3 Å². The molecule has 0 saturated heterocycles. The fraction of sp³-hybridized carbons (Fsp3) is 0.417. The molecule has 0 radical (unpaired) electrons. The van der Waals surface area contributed by atoms with E-state index in [0.29, 0.717) is 23.8 Å². The number of nitrogens with zero attached hydrogens (tertiary/aromatic N) is 3. The number of aryl methyl sites for hydroxylation is 2. The van der Waals surface area contributed by atoms with Crippen LogP contribution in [-0.2, 0) is 13.1 Å². The molecule has 0 saturated carbocycles. The summed E-state index contributed by atoms with van der Waals surface area (Å²) in [6.07, 6.45) is 0.950. The molecular formula is C24H34IN5O3. The number of imidazole rings is 1. The van der Waals surface area contributed by atoms with Crippen molar-refractivity contribution >= 4 is 41.0 Å². The number of guanidine groups is 1. The van der Waals surface area contributed by atoms with Gasteiger partial charge in [-0.25, -0.2) is 9.98 Å². The van der Waals surface area contributed by atoms with Crippen LogP contribution >= 0.6 is 24.0 Å². The van der Waals surface area contributed by atoms with E-state index in [0.717, 1.165) is 48.9 Å². The highest BCUT2D eigenvalue weighted by Crippen LogP contribution is 2.34. The number of aliphatic imine (C=N–C) groups is 1. The maximum absolute atomic E-state index is 5.51. The van der Waals surface area contributed by atoms with Crippen molar-refractivity contribution in [1.29, 1.82) is 0 Å². The number of rotatable bonds is 10. The highest BCUT2D eigenvalue weighted by Gasteiger charge is 2.12. The van der Waals surface area contributed by atoms with Crippen LogP contribution in [0, 0.1) is 6.92 Å². The number of nitrogens with one attached hydrogen (secondary N) is 2. The molecule has 1 aromatic heterocycles. The molecular weight excluding hydrogens is 533 g/mol. The zero-order chi connectivity index (χ0) is 22.9. The summed E-state index contributed by atoms with van der Waals surface area (Å²) in [5, 5.41) is 6.72. The van der Waals surface area contributed by atoms with Crippen molar-refractivity contribution < 1.29 is 14.2 Å². The second kappa shape index (κ2) is 13.1. The van der Waals surface area contributed by atoms with Crippen molar-refractivity contribution in [2.24, 2.45) is 4.99 Å². The van der Waals surface area contributed by atoms with Gasteiger partial charge in [-0.1, -0.05) is 12.1 Å². The number of para-hydroxylation sites is 2. The van der Waals surface area contributed by atoms with E-state index < -0.39 is 0 Å². The number of halogens is 1. The average Bonchev–Trinajstić information content (AvgIpc) is 3.14. The van der Waals surface area contributed by atoms with Gasteiger partial charge in [-0.15, -0.1) is 24.0 Å². The molecule has 3 rings (SSSR count). The van der Waals surface area contributed by atoms with E-state index in [2.05, 4.69) is 52.2 Å². The van der Waals surface area contributed by atoms with Crippen molar-refractivity contribution in [3.05, 3.63) is 47.8 Å². The molecule has 0 spiro atoms. The lowest BCUT2D eigenvalue weighted by Gasteiger charge is -2.15. The van der Waals surface area contributed by atoms with Crippen LogP contribution in [0.4, 0.5) is 0 Å². The van der Waals surface area contributed by atoms with E-state index in [1.807, 2.05) is 18.2 Å². The molecule has 180 valence electrons. The summed E-state index contributed by atoms with van der Waals surface area (Å²) >= 11 is 0. The maximum atomic E-state index is 5.51. The molecule has 0 bridgehead atoms. The zero-order valence-electron chi connectivity index (χ0n) is 20.0. The first-order chi connectivity index (χ1) is 15.6. The predicted octanol–water partition coefficient (Wildman–Crippen LogP) is 4.13. The molecule has 3 aromatic rings. The Labute approximate surface area is 212 Å². The number of hydrogen-bond acceptors (Lipinski definition) is 5. The van der Waals surface area contributed by atoms with Crippen LogP contribution in [-0.4, -0.2) is 49.9 Å². The Morgan fingerprint density at radius 1 is 1.00 bits per heavy atom. The van der Waals surface area contributed by atoms with E-state index >= 15 is 0 Å². The second-order valence-electron chi connectivity index (χ2n) is 7.29. The van der Waals surface area contributed by atoms with Gasteiger partial charge in [-0.3, -0.25) is 0 Å². The maximum Gasteiger partial charge on any atom is 0.191 e. The number of fused-ring (bicyclic) bond motifs is 1. The first-order valence-electron chi connectivity index (χ1n) is 10.8. The van der Waals surface area contributed by atoms with Gasteiger partial charge in [0.05, 0.1) is 38.9 Å². The normalized spacial score (nSPS) is 11.1. The minimum atomic E-state index is 0. The van der Waals surface area contributed by atoms with Crippen molar-refractivity contribution in [3.63, 3.8) is 0 Å². The molecule has 33 heavy (non-hydrogen) atoms. The highest BCUT2D eigenvalue weighted by molar-refractivity contribution is 14.0. The standard InChI is InChI=1S/C24H33N5O3.HI/c1-6-25-24(27-16-18-14-22(31-4)23(32-5)15-21(18)30-3)26-12-9-13-29-17(2)28-19-10-7-8-11-20(19)29;/h7-8,10-11,14-15H,6,9,12-13,16H2,1-5H3,(H2,25,26,27);1H. The van der Waals surface area contributed by atoms with Crippen LogP contribution in [0.25, 0.3) is 11.0 Å². The fourth-order valence-electron chi connectivity index (χ4n) is 3.64. The molecule has 0 amide bonds. The third-order valence-corrected chi connectivity index (χ3v) is 5.23. The van der Waals surface area contributed by atoms with E-state index in [-0.39, 0.29) is 24.0 Å². The van der Waals surface area contributed by atoms with E-state index in [1.165, 1.54) is 5.52 Å². The molecule has 2 N–H and O–H groups in total. The van der Waals surface area contributed by atoms with Crippen molar-refractivity contribution in [2.75, 3.05) is 34.4 Å². The quantitative estimate of drug-likeness (QED) is 0.166. The van der Waals surface area contributed by atoms with Crippen LogP contribution < -0.4 is 24.8 Å². The van der Waals surface area contributed by atoms with Gasteiger partial charge in [0, 0.05) is 31.3 Å². The number of methoxy groups -OCH3 is 3. The van der Waals surface area contributed by atoms with Crippen molar-refractivity contribution in [1.82, 2.24) is 20.2 Å². The molecule has 0 aliphatic heterocycles. The molecule has 0 aliphatic carbocycles. The SMILES string of the molecule is CCNC(=NCc1cc(OC)c(OC)cc1OC)NCCCn1c(C)nc2ccccc21.I. The van der Waals surface area contributed by atoms with Gasteiger partial charge < -0.3 is 29.4 Å². The first kappa shape index (κ1) is 26.6. The summed E-state index contributed by atoms with van der Waals surface area (Å²) in [7, 11) is 4.87. The monoisotopic (exact) mass is 567 g/mol. The summed E-state index contributed by atoms with van der Waals surface area (Å²) < 4.78 is 18.5. The third kappa shape index (κ3) is 6.66. The lowest BCUT2D eigenvalue weighted by Crippen LogP contribution is -2.38. The van der Waals surface area contributed by atoms with Gasteiger partial charge in [0.1, 0.15) is 11.6 Å². The number of hydrogen-bond donors (Lipinski definition) is 2. The summed E-state index contributed by atoms with van der Waals surface area (Å²) in [6, 6.07) is 12.0. The smallest absolute Gasteiger partial charge is 0.191 e. The Kier molecular flexibility index (Phi) is 10.6. The van der Waals surface area contributed by atoms with Crippen LogP contribution in [0.5, 0.6) is 17.2 Å². The molecule has 9 heteroatoms. The van der Waals surface area contributed by atoms with Gasteiger partial charge >= 0.3 is 0 Å². The molecule has 0 aliphatic rings. The predicted molar refractivity (Wildman–Crippen MR) is 143 cm³/mol. The molecule has 2 aromatic carbocycles. The average molecular weight is 567 g/mol. The molecule has 0 unspecified atom stereocenters. The highest BCUT2D eigenvalue weighted by atomic mass is 127. The summed E-state index contributed by atoms with van der Waals surface area (Å²) in [4.78, 5) is 9.36. The van der Waals surface area contributed by atoms with Gasteiger partial charge in [0.15, 0.2) is 17.5 Å². The minimum Gasteiger partial charge on any atom is -0.496 e. The minimum absolute atomic E-state index is 0. The van der Waals surface area contributed by atoms with Gasteiger partial charge in [-0.2, -0.15) is 0 Å². The summed E-state index contributed by atoms with van der Waals surface area (Å²) in [5.41, 5.74) is 3.13. The molecule has 0 fully saturated rings. The number of benzene rings is 2. The fourth-order valence-corrected chi connectivity index (χ4v) is 3.64. The largest absolute Gasteiger partial charge is 0.496 e. The van der Waals surface area contributed by atoms with Crippen LogP contribution in [0.1, 0.15) is 24.7 Å². The van der Waals surface area contributed by atoms with Crippen LogP contribution in [0.15, 0.2) is 41.4 Å². The lowest BCUT2D eigenvalue weighted by atomic mass is 10.1. The van der Waals surface area contributed by atoms with Crippen LogP contribution in [0.2, 0.25) is 0 Å². The summed E-state index contributed by atoms with van der Waals surface area (Å²) in [6.45, 7) is 7.01. The van der Waals surface area contributed by atoms with Crippen molar-refractivity contribution in [3.8, 4) is 17.2 Å². The summed E-state index contributed by atoms with van der Waals surface area (Å²) in [5.74, 6) is 3.79. The zero-order valence-corrected chi connectivity index (χ0v) is 22.3. The third-order valence-electron chi connectivity index (χ3n) is 5.23. The second-order valence-corrected chi connectivity index (χ2v) is 7.29. The Bertz CT molecular complexity index is 1070. The van der Waals surface area contributed by atoms with Gasteiger partial charge in [0.25, 0.3) is 0 Å².